The van der Waals surface area contributed by atoms with Gasteiger partial charge in [-0.15, -0.1) is 0 Å². The summed E-state index contributed by atoms with van der Waals surface area (Å²) in [5.74, 6) is 0.514. The SMILES string of the molecule is Cc1cccc(COc2ccccc2/C=C(/C#N)S(=O)(=O)c2ccccc2)c1. The van der Waals surface area contributed by atoms with Gasteiger partial charge < -0.3 is 4.74 Å². The summed E-state index contributed by atoms with van der Waals surface area (Å²) in [6, 6.07) is 24.8. The first kappa shape index (κ1) is 19.4. The molecule has 0 heterocycles. The molecule has 5 heteroatoms. The van der Waals surface area contributed by atoms with E-state index in [-0.39, 0.29) is 9.80 Å². The number of nitriles is 1. The van der Waals surface area contributed by atoms with Crippen molar-refractivity contribution in [3.63, 3.8) is 0 Å². The molecule has 0 amide bonds. The summed E-state index contributed by atoms with van der Waals surface area (Å²) in [7, 11) is -3.89. The fraction of sp³-hybridized carbons (Fsp3) is 0.0870. The average molecular weight is 389 g/mol. The third kappa shape index (κ3) is 4.48. The van der Waals surface area contributed by atoms with E-state index in [9.17, 15) is 13.7 Å². The highest BCUT2D eigenvalue weighted by atomic mass is 32.2. The molecule has 28 heavy (non-hydrogen) atoms. The molecule has 0 radical (unpaired) electrons. The van der Waals surface area contributed by atoms with Gasteiger partial charge in [0.1, 0.15) is 23.3 Å². The second-order valence-electron chi connectivity index (χ2n) is 6.25. The highest BCUT2D eigenvalue weighted by Gasteiger charge is 2.21. The van der Waals surface area contributed by atoms with E-state index >= 15 is 0 Å². The van der Waals surface area contributed by atoms with Crippen LogP contribution in [0.15, 0.2) is 88.7 Å². The maximum atomic E-state index is 12.8. The van der Waals surface area contributed by atoms with Crippen LogP contribution in [0.5, 0.6) is 5.75 Å². The average Bonchev–Trinajstić information content (AvgIpc) is 2.71. The Hall–Kier alpha value is -3.36. The zero-order valence-corrected chi connectivity index (χ0v) is 16.2. The number of benzene rings is 3. The summed E-state index contributed by atoms with van der Waals surface area (Å²) < 4.78 is 31.4. The van der Waals surface area contributed by atoms with Crippen molar-refractivity contribution in [3.8, 4) is 11.8 Å². The normalized spacial score (nSPS) is 11.6. The molecule has 0 fully saturated rings. The van der Waals surface area contributed by atoms with Crippen molar-refractivity contribution in [2.75, 3.05) is 0 Å². The number of hydrogen-bond donors (Lipinski definition) is 0. The van der Waals surface area contributed by atoms with Gasteiger partial charge in [0, 0.05) is 5.56 Å². The lowest BCUT2D eigenvalue weighted by atomic mass is 10.1. The van der Waals surface area contributed by atoms with E-state index in [0.717, 1.165) is 11.1 Å². The first-order chi connectivity index (χ1) is 13.5. The lowest BCUT2D eigenvalue weighted by molar-refractivity contribution is 0.305. The Balaban J connectivity index is 1.92. The minimum Gasteiger partial charge on any atom is -0.488 e. The zero-order chi connectivity index (χ0) is 20.0. The van der Waals surface area contributed by atoms with Crippen LogP contribution in [0.25, 0.3) is 6.08 Å². The molecule has 0 atom stereocenters. The predicted octanol–water partition coefficient (Wildman–Crippen LogP) is 4.91. The molecule has 0 unspecified atom stereocenters. The van der Waals surface area contributed by atoms with Crippen LogP contribution in [0.4, 0.5) is 0 Å². The first-order valence-corrected chi connectivity index (χ1v) is 10.2. The highest BCUT2D eigenvalue weighted by Crippen LogP contribution is 2.26. The Morgan fingerprint density at radius 2 is 1.71 bits per heavy atom. The molecule has 0 aliphatic heterocycles. The second-order valence-corrected chi connectivity index (χ2v) is 8.17. The number of nitrogens with zero attached hydrogens (tertiary/aromatic N) is 1. The van der Waals surface area contributed by atoms with Gasteiger partial charge in [-0.05, 0) is 36.8 Å². The molecular weight excluding hydrogens is 370 g/mol. The number of aryl methyl sites for hydroxylation is 1. The molecular formula is C23H19NO3S. The van der Waals surface area contributed by atoms with Crippen LogP contribution in [0.1, 0.15) is 16.7 Å². The molecule has 0 bridgehead atoms. The maximum Gasteiger partial charge on any atom is 0.216 e. The summed E-state index contributed by atoms with van der Waals surface area (Å²) in [6.45, 7) is 2.35. The van der Waals surface area contributed by atoms with Crippen molar-refractivity contribution >= 4 is 15.9 Å². The minimum absolute atomic E-state index is 0.0842. The van der Waals surface area contributed by atoms with Gasteiger partial charge >= 0.3 is 0 Å². The number of ether oxygens (including phenoxy) is 1. The van der Waals surface area contributed by atoms with Crippen molar-refractivity contribution in [3.05, 3.63) is 100 Å². The Kier molecular flexibility index (Phi) is 5.93. The lowest BCUT2D eigenvalue weighted by Crippen LogP contribution is -2.04. The molecule has 0 saturated carbocycles. The number of allylic oxidation sites excluding steroid dienone is 1. The molecule has 140 valence electrons. The maximum absolute atomic E-state index is 12.8. The molecule has 0 aromatic heterocycles. The fourth-order valence-electron chi connectivity index (χ4n) is 2.73. The van der Waals surface area contributed by atoms with E-state index in [1.807, 2.05) is 37.3 Å². The summed E-state index contributed by atoms with van der Waals surface area (Å²) in [5.41, 5.74) is 2.68. The third-order valence-electron chi connectivity index (χ3n) is 4.14. The predicted molar refractivity (Wildman–Crippen MR) is 109 cm³/mol. The molecule has 4 nitrogen and oxygen atoms in total. The molecule has 3 aromatic rings. The standard InChI is InChI=1S/C23H19NO3S/c1-18-8-7-9-19(14-18)17-27-23-13-6-5-10-20(23)15-22(16-24)28(25,26)21-11-3-2-4-12-21/h2-15H,17H2,1H3/b22-15-. The van der Waals surface area contributed by atoms with E-state index in [0.29, 0.717) is 17.9 Å². The van der Waals surface area contributed by atoms with Gasteiger partial charge in [-0.1, -0.05) is 66.2 Å². The summed E-state index contributed by atoms with van der Waals surface area (Å²) in [5, 5.41) is 9.48. The largest absolute Gasteiger partial charge is 0.488 e. The highest BCUT2D eigenvalue weighted by molar-refractivity contribution is 7.95. The van der Waals surface area contributed by atoms with Gasteiger partial charge in [0.15, 0.2) is 0 Å². The van der Waals surface area contributed by atoms with E-state index in [2.05, 4.69) is 0 Å². The van der Waals surface area contributed by atoms with Crippen molar-refractivity contribution in [2.45, 2.75) is 18.4 Å². The van der Waals surface area contributed by atoms with Crippen LogP contribution >= 0.6 is 0 Å². The monoisotopic (exact) mass is 389 g/mol. The number of para-hydroxylation sites is 1. The van der Waals surface area contributed by atoms with E-state index < -0.39 is 9.84 Å². The summed E-state index contributed by atoms with van der Waals surface area (Å²) >= 11 is 0. The molecule has 0 aliphatic rings. The third-order valence-corrected chi connectivity index (χ3v) is 5.82. The van der Waals surface area contributed by atoms with E-state index in [1.54, 1.807) is 42.5 Å². The Morgan fingerprint density at radius 1 is 1.00 bits per heavy atom. The van der Waals surface area contributed by atoms with E-state index in [1.165, 1.54) is 18.2 Å². The fourth-order valence-corrected chi connectivity index (χ4v) is 3.90. The Morgan fingerprint density at radius 3 is 2.43 bits per heavy atom. The summed E-state index contributed by atoms with van der Waals surface area (Å²) in [4.78, 5) is -0.244. The van der Waals surface area contributed by atoms with Gasteiger partial charge in [-0.2, -0.15) is 5.26 Å². The van der Waals surface area contributed by atoms with Crippen LogP contribution in [-0.4, -0.2) is 8.42 Å². The van der Waals surface area contributed by atoms with Gasteiger partial charge in [-0.3, -0.25) is 0 Å². The lowest BCUT2D eigenvalue weighted by Gasteiger charge is -2.10. The van der Waals surface area contributed by atoms with Crippen molar-refractivity contribution < 1.29 is 13.2 Å². The van der Waals surface area contributed by atoms with Gasteiger partial charge in [-0.25, -0.2) is 8.42 Å². The Bertz CT molecular complexity index is 1140. The van der Waals surface area contributed by atoms with Crippen LogP contribution < -0.4 is 4.74 Å². The first-order valence-electron chi connectivity index (χ1n) is 8.70. The molecule has 0 aliphatic carbocycles. The molecule has 3 aromatic carbocycles. The number of sulfone groups is 1. The van der Waals surface area contributed by atoms with Crippen molar-refractivity contribution in [1.29, 1.82) is 5.26 Å². The van der Waals surface area contributed by atoms with Gasteiger partial charge in [0.05, 0.1) is 4.90 Å². The summed E-state index contributed by atoms with van der Waals surface area (Å²) in [6.07, 6.45) is 1.36. The van der Waals surface area contributed by atoms with Crippen LogP contribution in [0.2, 0.25) is 0 Å². The van der Waals surface area contributed by atoms with Crippen molar-refractivity contribution in [1.82, 2.24) is 0 Å². The van der Waals surface area contributed by atoms with Crippen LogP contribution in [0.3, 0.4) is 0 Å². The minimum atomic E-state index is -3.89. The number of rotatable bonds is 6. The zero-order valence-electron chi connectivity index (χ0n) is 15.4. The second kappa shape index (κ2) is 8.55. The molecule has 0 N–H and O–H groups in total. The van der Waals surface area contributed by atoms with Gasteiger partial charge in [0.2, 0.25) is 9.84 Å². The topological polar surface area (TPSA) is 67.2 Å². The van der Waals surface area contributed by atoms with Crippen molar-refractivity contribution in [2.24, 2.45) is 0 Å². The molecule has 0 saturated heterocycles. The van der Waals surface area contributed by atoms with E-state index in [4.69, 9.17) is 4.74 Å². The van der Waals surface area contributed by atoms with Crippen LogP contribution in [0, 0.1) is 18.3 Å². The number of hydrogen-bond acceptors (Lipinski definition) is 4. The smallest absolute Gasteiger partial charge is 0.216 e. The molecule has 0 spiro atoms. The Labute approximate surface area is 165 Å². The van der Waals surface area contributed by atoms with Gasteiger partial charge in [0.25, 0.3) is 0 Å². The quantitative estimate of drug-likeness (QED) is 0.562. The van der Waals surface area contributed by atoms with Crippen LogP contribution in [-0.2, 0) is 16.4 Å². The molecule has 3 rings (SSSR count).